The number of para-hydroxylation sites is 2. The number of benzene rings is 7. The molecule has 228 valence electrons. The third-order valence-electron chi connectivity index (χ3n) is 9.48. The van der Waals surface area contributed by atoms with Gasteiger partial charge in [0.25, 0.3) is 0 Å². The molecule has 0 radical (unpaired) electrons. The predicted octanol–water partition coefficient (Wildman–Crippen LogP) is 12.4. The van der Waals surface area contributed by atoms with Crippen LogP contribution in [0, 0.1) is 0 Å². The Hall–Kier alpha value is -6.23. The number of hydrogen-bond donors (Lipinski definition) is 0. The Bertz CT molecular complexity index is 2860. The molecule has 0 unspecified atom stereocenters. The van der Waals surface area contributed by atoms with Gasteiger partial charge in [-0.25, -0.2) is 15.0 Å². The molecule has 3 heterocycles. The zero-order valence-electron chi connectivity index (χ0n) is 26.3. The van der Waals surface area contributed by atoms with Crippen molar-refractivity contribution in [3.63, 3.8) is 0 Å². The highest BCUT2D eigenvalue weighted by atomic mass is 32.1. The van der Waals surface area contributed by atoms with Crippen LogP contribution in [0.15, 0.2) is 164 Å². The topological polar surface area (TPSA) is 38.7 Å². The summed E-state index contributed by atoms with van der Waals surface area (Å²) in [6, 6.07) is 57.6. The van der Waals surface area contributed by atoms with Gasteiger partial charge in [-0.3, -0.25) is 0 Å². The van der Waals surface area contributed by atoms with Gasteiger partial charge in [0, 0.05) is 58.4 Å². The van der Waals surface area contributed by atoms with Crippen molar-refractivity contribution >= 4 is 64.1 Å². The molecule has 0 N–H and O–H groups in total. The third kappa shape index (κ3) is 4.53. The monoisotopic (exact) mass is 641 g/mol. The van der Waals surface area contributed by atoms with E-state index in [0.29, 0.717) is 5.82 Å². The van der Waals surface area contributed by atoms with Crippen LogP contribution in [-0.2, 0) is 0 Å². The molecule has 0 spiro atoms. The Labute approximate surface area is 286 Å². The van der Waals surface area contributed by atoms with Crippen molar-refractivity contribution in [1.29, 1.82) is 0 Å². The summed E-state index contributed by atoms with van der Waals surface area (Å²) in [6.07, 6.45) is 0. The van der Waals surface area contributed by atoms with Crippen molar-refractivity contribution < 1.29 is 0 Å². The van der Waals surface area contributed by atoms with Crippen LogP contribution in [-0.4, -0.2) is 15.0 Å². The fraction of sp³-hybridized carbons (Fsp3) is 0. The van der Waals surface area contributed by atoms with Crippen molar-refractivity contribution in [3.05, 3.63) is 164 Å². The number of aromatic nitrogens is 3. The maximum atomic E-state index is 5.47. The summed E-state index contributed by atoms with van der Waals surface area (Å²) in [6.45, 7) is 0. The van der Waals surface area contributed by atoms with Gasteiger partial charge < -0.3 is 0 Å². The van der Waals surface area contributed by atoms with Gasteiger partial charge in [-0.1, -0.05) is 140 Å². The van der Waals surface area contributed by atoms with Crippen molar-refractivity contribution in [2.24, 2.45) is 0 Å². The van der Waals surface area contributed by atoms with Crippen LogP contribution < -0.4 is 0 Å². The number of pyridine rings is 1. The normalized spacial score (nSPS) is 11.7. The molecule has 7 aromatic carbocycles. The Kier molecular flexibility index (Phi) is 6.36. The van der Waals surface area contributed by atoms with Gasteiger partial charge in [-0.2, -0.15) is 0 Å². The van der Waals surface area contributed by atoms with Crippen LogP contribution in [0.3, 0.4) is 0 Å². The Morgan fingerprint density at radius 1 is 0.347 bits per heavy atom. The number of fused-ring (bicyclic) bond motifs is 8. The average molecular weight is 642 g/mol. The van der Waals surface area contributed by atoms with Gasteiger partial charge >= 0.3 is 0 Å². The van der Waals surface area contributed by atoms with E-state index >= 15 is 0 Å². The van der Waals surface area contributed by atoms with E-state index in [4.69, 9.17) is 15.0 Å². The molecule has 3 aromatic heterocycles. The maximum absolute atomic E-state index is 5.47. The second kappa shape index (κ2) is 11.2. The molecule has 0 amide bonds. The molecule has 0 fully saturated rings. The van der Waals surface area contributed by atoms with Crippen molar-refractivity contribution in [1.82, 2.24) is 15.0 Å². The highest BCUT2D eigenvalue weighted by molar-refractivity contribution is 7.26. The second-order valence-corrected chi connectivity index (χ2v) is 13.4. The van der Waals surface area contributed by atoms with Crippen LogP contribution in [0.4, 0.5) is 0 Å². The SMILES string of the molecule is c1ccc(-c2ccc(-c3nc(-c4cccc5c4nc(-c4ccccc4)c4ccc6sc7ccccc7c6c45)nc4ccccc34)cc2)cc1. The first-order valence-electron chi connectivity index (χ1n) is 16.5. The van der Waals surface area contributed by atoms with Gasteiger partial charge in [-0.15, -0.1) is 11.3 Å². The molecule has 10 rings (SSSR count). The summed E-state index contributed by atoms with van der Waals surface area (Å²) in [5.41, 5.74) is 9.10. The molecule has 0 aliphatic rings. The minimum atomic E-state index is 0.666. The molecule has 4 heteroatoms. The van der Waals surface area contributed by atoms with E-state index in [2.05, 4.69) is 152 Å². The van der Waals surface area contributed by atoms with Crippen LogP contribution in [0.5, 0.6) is 0 Å². The zero-order chi connectivity index (χ0) is 32.3. The minimum Gasteiger partial charge on any atom is -0.246 e. The average Bonchev–Trinajstić information content (AvgIpc) is 3.56. The van der Waals surface area contributed by atoms with E-state index in [1.54, 1.807) is 0 Å². The van der Waals surface area contributed by atoms with Gasteiger partial charge in [0.2, 0.25) is 0 Å². The maximum Gasteiger partial charge on any atom is 0.162 e. The summed E-state index contributed by atoms with van der Waals surface area (Å²) >= 11 is 1.84. The van der Waals surface area contributed by atoms with Gasteiger partial charge in [0.1, 0.15) is 0 Å². The molecule has 0 bridgehead atoms. The van der Waals surface area contributed by atoms with Gasteiger partial charge in [0.15, 0.2) is 5.82 Å². The molecule has 0 aliphatic carbocycles. The standard InChI is InChI=1S/C45H27N3S/c1-3-12-28(13-4-1)29-22-24-31(25-23-29)42-32-16-7-9-20-37(32)46-45(48-42)36-19-11-18-34-40-35(43(47-44(34)36)30-14-5-2-6-15-30)26-27-39-41(40)33-17-8-10-21-38(33)49-39/h1-27H. The lowest BCUT2D eigenvalue weighted by Gasteiger charge is -2.15. The molecular weight excluding hydrogens is 615 g/mol. The van der Waals surface area contributed by atoms with Crippen LogP contribution in [0.1, 0.15) is 0 Å². The largest absolute Gasteiger partial charge is 0.246 e. The number of rotatable bonds is 4. The smallest absolute Gasteiger partial charge is 0.162 e. The third-order valence-corrected chi connectivity index (χ3v) is 10.6. The molecule has 0 atom stereocenters. The predicted molar refractivity (Wildman–Crippen MR) is 207 cm³/mol. The Morgan fingerprint density at radius 3 is 1.78 bits per heavy atom. The summed E-state index contributed by atoms with van der Waals surface area (Å²) in [5.74, 6) is 0.666. The van der Waals surface area contributed by atoms with Gasteiger partial charge in [0.05, 0.1) is 22.4 Å². The van der Waals surface area contributed by atoms with E-state index in [-0.39, 0.29) is 0 Å². The summed E-state index contributed by atoms with van der Waals surface area (Å²) in [5, 5.41) is 7.04. The minimum absolute atomic E-state index is 0.666. The van der Waals surface area contributed by atoms with Crippen molar-refractivity contribution in [2.45, 2.75) is 0 Å². The highest BCUT2D eigenvalue weighted by Crippen LogP contribution is 2.44. The molecule has 0 saturated carbocycles. The lowest BCUT2D eigenvalue weighted by molar-refractivity contribution is 1.23. The van der Waals surface area contributed by atoms with E-state index in [0.717, 1.165) is 55.3 Å². The molecular formula is C45H27N3S. The lowest BCUT2D eigenvalue weighted by atomic mass is 9.94. The Morgan fingerprint density at radius 2 is 0.959 bits per heavy atom. The number of hydrogen-bond acceptors (Lipinski definition) is 4. The first-order valence-corrected chi connectivity index (χ1v) is 17.3. The van der Waals surface area contributed by atoms with Crippen LogP contribution in [0.25, 0.3) is 97.8 Å². The van der Waals surface area contributed by atoms with E-state index in [1.807, 2.05) is 23.5 Å². The highest BCUT2D eigenvalue weighted by Gasteiger charge is 2.20. The van der Waals surface area contributed by atoms with E-state index in [9.17, 15) is 0 Å². The lowest BCUT2D eigenvalue weighted by Crippen LogP contribution is -1.98. The molecule has 0 saturated heterocycles. The fourth-order valence-corrected chi connectivity index (χ4v) is 8.31. The zero-order valence-corrected chi connectivity index (χ0v) is 27.2. The van der Waals surface area contributed by atoms with E-state index < -0.39 is 0 Å². The summed E-state index contributed by atoms with van der Waals surface area (Å²) in [4.78, 5) is 16.0. The van der Waals surface area contributed by atoms with Crippen LogP contribution >= 0.6 is 11.3 Å². The second-order valence-electron chi connectivity index (χ2n) is 12.3. The number of thiophene rings is 1. The Balaban J connectivity index is 1.27. The van der Waals surface area contributed by atoms with Gasteiger partial charge in [-0.05, 0) is 35.4 Å². The first-order chi connectivity index (χ1) is 24.3. The van der Waals surface area contributed by atoms with Crippen LogP contribution in [0.2, 0.25) is 0 Å². The molecule has 10 aromatic rings. The summed E-state index contributed by atoms with van der Waals surface area (Å²) < 4.78 is 2.56. The fourth-order valence-electron chi connectivity index (χ4n) is 7.20. The quantitative estimate of drug-likeness (QED) is 0.180. The molecule has 0 aliphatic heterocycles. The molecule has 3 nitrogen and oxygen atoms in total. The van der Waals surface area contributed by atoms with Crippen molar-refractivity contribution in [2.75, 3.05) is 0 Å². The number of nitrogens with zero attached hydrogens (tertiary/aromatic N) is 3. The van der Waals surface area contributed by atoms with Crippen molar-refractivity contribution in [3.8, 4) is 45.0 Å². The molecule has 49 heavy (non-hydrogen) atoms. The summed E-state index contributed by atoms with van der Waals surface area (Å²) in [7, 11) is 0. The first kappa shape index (κ1) is 27.8. The van der Waals surface area contributed by atoms with E-state index in [1.165, 1.54) is 36.7 Å².